The second-order valence-electron chi connectivity index (χ2n) is 12.1. The fraction of sp³-hybridized carbons (Fsp3) is 0.800. The molecule has 2 unspecified atom stereocenters. The van der Waals surface area contributed by atoms with Gasteiger partial charge in [0.05, 0.1) is 12.2 Å². The van der Waals surface area contributed by atoms with Crippen molar-refractivity contribution in [3.8, 4) is 0 Å². The van der Waals surface area contributed by atoms with Crippen LogP contribution >= 0.6 is 0 Å². The molecule has 0 radical (unpaired) electrons. The molecule has 2 atom stereocenters. The van der Waals surface area contributed by atoms with E-state index in [1.165, 1.54) is 103 Å². The normalized spacial score (nSPS) is 28.7. The molecule has 0 aromatic heterocycles. The number of rotatable bonds is 6. The van der Waals surface area contributed by atoms with Crippen LogP contribution in [0.25, 0.3) is 0 Å². The number of piperazine rings is 1. The van der Waals surface area contributed by atoms with Gasteiger partial charge in [0.15, 0.2) is 0 Å². The minimum Gasteiger partial charge on any atom is -0.372 e. The van der Waals surface area contributed by atoms with Crippen molar-refractivity contribution in [2.45, 2.75) is 103 Å². The fourth-order valence-electron chi connectivity index (χ4n) is 7.50. The number of hydrogen-bond donors (Lipinski definition) is 0. The fourth-order valence-corrected chi connectivity index (χ4v) is 7.50. The first kappa shape index (κ1) is 24.4. The van der Waals surface area contributed by atoms with Crippen LogP contribution in [0.2, 0.25) is 0 Å². The van der Waals surface area contributed by atoms with Gasteiger partial charge in [0.1, 0.15) is 0 Å². The van der Waals surface area contributed by atoms with Crippen LogP contribution in [0.5, 0.6) is 0 Å². The topological polar surface area (TPSA) is 19.0 Å². The lowest BCUT2D eigenvalue weighted by molar-refractivity contribution is -0.00522. The van der Waals surface area contributed by atoms with Crippen molar-refractivity contribution in [1.82, 2.24) is 4.90 Å². The molecule has 0 N–H and O–H groups in total. The van der Waals surface area contributed by atoms with E-state index in [0.29, 0.717) is 17.6 Å². The summed E-state index contributed by atoms with van der Waals surface area (Å²) in [6.45, 7) is 14.8. The zero-order chi connectivity index (χ0) is 23.5. The quantitative estimate of drug-likeness (QED) is 0.479. The monoisotopic (exact) mass is 467 g/mol. The van der Waals surface area contributed by atoms with Gasteiger partial charge in [0.2, 0.25) is 0 Å². The molecule has 0 bridgehead atoms. The van der Waals surface area contributed by atoms with Gasteiger partial charge >= 0.3 is 0 Å². The van der Waals surface area contributed by atoms with Crippen molar-refractivity contribution in [3.63, 3.8) is 0 Å². The number of anilines is 2. The molecule has 34 heavy (non-hydrogen) atoms. The predicted octanol–water partition coefficient (Wildman–Crippen LogP) is 6.44. The Labute approximate surface area is 209 Å². The lowest BCUT2D eigenvalue weighted by Gasteiger charge is -2.42. The summed E-state index contributed by atoms with van der Waals surface area (Å²) in [5, 5.41) is 0. The summed E-state index contributed by atoms with van der Waals surface area (Å²) >= 11 is 0. The van der Waals surface area contributed by atoms with Crippen LogP contribution in [0.4, 0.5) is 11.4 Å². The van der Waals surface area contributed by atoms with Gasteiger partial charge in [-0.15, -0.1) is 0 Å². The number of nitrogens with zero attached hydrogens (tertiary/aromatic N) is 3. The molecule has 4 fully saturated rings. The highest BCUT2D eigenvalue weighted by molar-refractivity contribution is 5.64. The Hall–Kier alpha value is -1.26. The Morgan fingerprint density at radius 1 is 0.882 bits per heavy atom. The van der Waals surface area contributed by atoms with Gasteiger partial charge in [0, 0.05) is 50.6 Å². The SMILES string of the molecule is CCCCN1CCN(c2ccc(N3CC(C)OC(C)C3)cc2C2CCC3(CCCC3)CC2)CC1. The largest absolute Gasteiger partial charge is 0.372 e. The molecule has 2 aliphatic heterocycles. The molecule has 2 heterocycles. The molecule has 190 valence electrons. The van der Waals surface area contributed by atoms with Gasteiger partial charge in [-0.2, -0.15) is 0 Å². The second-order valence-corrected chi connectivity index (χ2v) is 12.1. The lowest BCUT2D eigenvalue weighted by atomic mass is 9.68. The molecule has 1 aromatic rings. The molecular formula is C30H49N3O. The maximum Gasteiger partial charge on any atom is 0.0726 e. The maximum atomic E-state index is 6.04. The molecule has 1 spiro atoms. The highest BCUT2D eigenvalue weighted by Crippen LogP contribution is 2.53. The van der Waals surface area contributed by atoms with Crippen molar-refractivity contribution in [2.24, 2.45) is 5.41 Å². The third-order valence-corrected chi connectivity index (χ3v) is 9.49. The summed E-state index contributed by atoms with van der Waals surface area (Å²) in [6, 6.07) is 7.49. The Bertz CT molecular complexity index is 776. The summed E-state index contributed by atoms with van der Waals surface area (Å²) in [5.41, 5.74) is 5.32. The first-order valence-electron chi connectivity index (χ1n) is 14.6. The summed E-state index contributed by atoms with van der Waals surface area (Å²) in [5.74, 6) is 0.732. The third kappa shape index (κ3) is 5.43. The predicted molar refractivity (Wildman–Crippen MR) is 144 cm³/mol. The van der Waals surface area contributed by atoms with Crippen LogP contribution in [0, 0.1) is 5.41 Å². The Morgan fingerprint density at radius 3 is 2.21 bits per heavy atom. The molecule has 0 amide bonds. The Morgan fingerprint density at radius 2 is 1.56 bits per heavy atom. The zero-order valence-electron chi connectivity index (χ0n) is 22.2. The van der Waals surface area contributed by atoms with Gasteiger partial charge in [-0.3, -0.25) is 4.90 Å². The van der Waals surface area contributed by atoms with Crippen LogP contribution in [0.1, 0.15) is 96.5 Å². The van der Waals surface area contributed by atoms with Crippen LogP contribution in [-0.4, -0.2) is 62.9 Å². The zero-order valence-corrected chi connectivity index (χ0v) is 22.2. The summed E-state index contributed by atoms with van der Waals surface area (Å²) in [6.07, 6.45) is 14.9. The molecule has 4 heteroatoms. The van der Waals surface area contributed by atoms with Gasteiger partial charge in [0.25, 0.3) is 0 Å². The van der Waals surface area contributed by atoms with Gasteiger partial charge in [-0.1, -0.05) is 26.2 Å². The van der Waals surface area contributed by atoms with Crippen molar-refractivity contribution >= 4 is 11.4 Å². The van der Waals surface area contributed by atoms with Crippen molar-refractivity contribution in [1.29, 1.82) is 0 Å². The van der Waals surface area contributed by atoms with Crippen LogP contribution in [0.3, 0.4) is 0 Å². The minimum absolute atomic E-state index is 0.306. The van der Waals surface area contributed by atoms with E-state index in [0.717, 1.165) is 19.0 Å². The minimum atomic E-state index is 0.306. The van der Waals surface area contributed by atoms with Crippen LogP contribution < -0.4 is 9.80 Å². The molecule has 1 aromatic carbocycles. The van der Waals surface area contributed by atoms with Crippen LogP contribution in [0.15, 0.2) is 18.2 Å². The molecule has 4 nitrogen and oxygen atoms in total. The molecule has 2 saturated heterocycles. The molecular weight excluding hydrogens is 418 g/mol. The van der Waals surface area contributed by atoms with Crippen molar-refractivity contribution in [3.05, 3.63) is 23.8 Å². The summed E-state index contributed by atoms with van der Waals surface area (Å²) < 4.78 is 6.04. The molecule has 5 rings (SSSR count). The highest BCUT2D eigenvalue weighted by Gasteiger charge is 2.38. The first-order chi connectivity index (χ1) is 16.5. The van der Waals surface area contributed by atoms with Gasteiger partial charge in [-0.25, -0.2) is 0 Å². The average Bonchev–Trinajstić information content (AvgIpc) is 3.30. The number of morpholine rings is 1. The number of unbranched alkanes of at least 4 members (excludes halogenated alkanes) is 1. The number of benzene rings is 1. The third-order valence-electron chi connectivity index (χ3n) is 9.49. The number of ether oxygens (including phenoxy) is 1. The van der Waals surface area contributed by atoms with E-state index >= 15 is 0 Å². The molecule has 2 aliphatic carbocycles. The van der Waals surface area contributed by atoms with E-state index in [4.69, 9.17) is 4.74 Å². The summed E-state index contributed by atoms with van der Waals surface area (Å²) in [7, 11) is 0. The van der Waals surface area contributed by atoms with E-state index < -0.39 is 0 Å². The van der Waals surface area contributed by atoms with Crippen molar-refractivity contribution in [2.75, 3.05) is 55.6 Å². The first-order valence-corrected chi connectivity index (χ1v) is 14.6. The van der Waals surface area contributed by atoms with E-state index in [1.807, 2.05) is 0 Å². The van der Waals surface area contributed by atoms with E-state index in [9.17, 15) is 0 Å². The standard InChI is InChI=1S/C30H49N3O/c1-4-5-16-31-17-19-32(20-18-31)29-9-8-27(33-22-24(2)34-25(3)23-33)21-28(29)26-10-14-30(15-11-26)12-6-7-13-30/h8-9,21,24-26H,4-7,10-20,22-23H2,1-3H3. The smallest absolute Gasteiger partial charge is 0.0726 e. The van der Waals surface area contributed by atoms with E-state index in [1.54, 1.807) is 11.3 Å². The van der Waals surface area contributed by atoms with Gasteiger partial charge in [-0.05, 0) is 100 Å². The Balaban J connectivity index is 1.36. The highest BCUT2D eigenvalue weighted by atomic mass is 16.5. The summed E-state index contributed by atoms with van der Waals surface area (Å²) in [4.78, 5) is 7.97. The molecule has 2 saturated carbocycles. The molecule has 4 aliphatic rings. The Kier molecular flexibility index (Phi) is 7.75. The van der Waals surface area contributed by atoms with Crippen LogP contribution in [-0.2, 0) is 4.74 Å². The van der Waals surface area contributed by atoms with E-state index in [-0.39, 0.29) is 0 Å². The lowest BCUT2D eigenvalue weighted by Crippen LogP contribution is -2.47. The number of hydrogen-bond acceptors (Lipinski definition) is 4. The average molecular weight is 468 g/mol. The van der Waals surface area contributed by atoms with Crippen molar-refractivity contribution < 1.29 is 4.74 Å². The second kappa shape index (κ2) is 10.8. The van der Waals surface area contributed by atoms with Gasteiger partial charge < -0.3 is 14.5 Å². The maximum absolute atomic E-state index is 6.04. The van der Waals surface area contributed by atoms with E-state index in [2.05, 4.69) is 53.7 Å².